The van der Waals surface area contributed by atoms with Gasteiger partial charge in [0.05, 0.1) is 35.1 Å². The average molecular weight is 398 g/mol. The Morgan fingerprint density at radius 3 is 2.76 bits per heavy atom. The lowest BCUT2D eigenvalue weighted by Crippen LogP contribution is -2.31. The van der Waals surface area contributed by atoms with Gasteiger partial charge in [-0.15, -0.1) is 0 Å². The number of imidazole rings is 1. The Balaban J connectivity index is 1.65. The molecule has 0 bridgehead atoms. The number of nitrogens with zero attached hydrogens (tertiary/aromatic N) is 3. The number of ether oxygens (including phenoxy) is 2. The number of nitrogens with one attached hydrogen (secondary N) is 1. The van der Waals surface area contributed by atoms with Gasteiger partial charge < -0.3 is 19.4 Å². The summed E-state index contributed by atoms with van der Waals surface area (Å²) >= 11 is 0. The van der Waals surface area contributed by atoms with Crippen LogP contribution in [0.25, 0.3) is 11.0 Å². The number of hydrogen-bond acceptors (Lipinski definition) is 7. The number of methoxy groups -OCH3 is 1. The van der Waals surface area contributed by atoms with Crippen LogP contribution in [-0.2, 0) is 20.9 Å². The molecular formula is C19H18N4O6. The maximum absolute atomic E-state index is 12.4. The van der Waals surface area contributed by atoms with Crippen LogP contribution in [0.5, 0.6) is 5.75 Å². The molecule has 1 atom stereocenters. The molecule has 0 fully saturated rings. The highest BCUT2D eigenvalue weighted by Crippen LogP contribution is 2.29. The Kier molecular flexibility index (Phi) is 5.72. The van der Waals surface area contributed by atoms with Gasteiger partial charge in [-0.3, -0.25) is 19.7 Å². The molecule has 0 aliphatic rings. The lowest BCUT2D eigenvalue weighted by atomic mass is 10.2. The van der Waals surface area contributed by atoms with E-state index in [0.29, 0.717) is 0 Å². The largest absolute Gasteiger partial charge is 0.495 e. The fraction of sp³-hybridized carbons (Fsp3) is 0.211. The maximum atomic E-state index is 12.4. The number of aromatic nitrogens is 2. The molecule has 1 amide bonds. The second kappa shape index (κ2) is 8.38. The van der Waals surface area contributed by atoms with E-state index in [0.717, 1.165) is 11.0 Å². The Morgan fingerprint density at radius 1 is 1.28 bits per heavy atom. The second-order valence-corrected chi connectivity index (χ2v) is 6.12. The van der Waals surface area contributed by atoms with Gasteiger partial charge in [0.25, 0.3) is 11.6 Å². The number of carbonyl (C=O) groups is 2. The number of non-ortho nitro benzene ring substituents is 1. The van der Waals surface area contributed by atoms with Crippen molar-refractivity contribution in [1.29, 1.82) is 0 Å². The highest BCUT2D eigenvalue weighted by Gasteiger charge is 2.21. The highest BCUT2D eigenvalue weighted by molar-refractivity contribution is 5.96. The Hall–Kier alpha value is -3.95. The van der Waals surface area contributed by atoms with Crippen molar-refractivity contribution >= 4 is 34.3 Å². The third kappa shape index (κ3) is 4.49. The lowest BCUT2D eigenvalue weighted by molar-refractivity contribution is -0.384. The first-order valence-electron chi connectivity index (χ1n) is 8.61. The van der Waals surface area contributed by atoms with Crippen LogP contribution in [0.4, 0.5) is 11.4 Å². The smallest absolute Gasteiger partial charge is 0.326 e. The van der Waals surface area contributed by atoms with Gasteiger partial charge in [-0.05, 0) is 25.1 Å². The van der Waals surface area contributed by atoms with Crippen LogP contribution in [0.15, 0.2) is 48.8 Å². The predicted octanol–water partition coefficient (Wildman–Crippen LogP) is 2.52. The molecule has 150 valence electrons. The molecule has 2 aromatic carbocycles. The third-order valence-electron chi connectivity index (χ3n) is 4.16. The standard InChI is InChI=1S/C19H18N4O6/c1-12(19(25)21-15-9-13(23(26)27)7-8-17(15)28-2)29-18(24)10-22-11-20-14-5-3-4-6-16(14)22/h3-9,11-12H,10H2,1-2H3,(H,21,25). The number of anilines is 1. The summed E-state index contributed by atoms with van der Waals surface area (Å²) in [6, 6.07) is 11.1. The number of amides is 1. The van der Waals surface area contributed by atoms with Crippen LogP contribution in [-0.4, -0.2) is 39.6 Å². The molecule has 1 N–H and O–H groups in total. The van der Waals surface area contributed by atoms with Crippen molar-refractivity contribution in [3.05, 3.63) is 58.9 Å². The quantitative estimate of drug-likeness (QED) is 0.368. The fourth-order valence-electron chi connectivity index (χ4n) is 2.70. The third-order valence-corrected chi connectivity index (χ3v) is 4.16. The van der Waals surface area contributed by atoms with E-state index >= 15 is 0 Å². The summed E-state index contributed by atoms with van der Waals surface area (Å²) in [5.74, 6) is -1.03. The molecule has 0 spiro atoms. The second-order valence-electron chi connectivity index (χ2n) is 6.12. The molecule has 1 unspecified atom stereocenters. The summed E-state index contributed by atoms with van der Waals surface area (Å²) in [6.45, 7) is 1.29. The van der Waals surface area contributed by atoms with E-state index in [-0.39, 0.29) is 23.7 Å². The molecule has 10 nitrogen and oxygen atoms in total. The number of rotatable bonds is 7. The van der Waals surface area contributed by atoms with Crippen molar-refractivity contribution in [3.8, 4) is 5.75 Å². The SMILES string of the molecule is COc1ccc([N+](=O)[O-])cc1NC(=O)C(C)OC(=O)Cn1cnc2ccccc21. The minimum Gasteiger partial charge on any atom is -0.495 e. The van der Waals surface area contributed by atoms with E-state index in [1.807, 2.05) is 24.3 Å². The minimum absolute atomic E-state index is 0.107. The molecule has 0 aliphatic carbocycles. The monoisotopic (exact) mass is 398 g/mol. The Morgan fingerprint density at radius 2 is 2.03 bits per heavy atom. The van der Waals surface area contributed by atoms with Crippen LogP contribution < -0.4 is 10.1 Å². The molecule has 0 radical (unpaired) electrons. The molecule has 10 heteroatoms. The van der Waals surface area contributed by atoms with Gasteiger partial charge in [-0.1, -0.05) is 12.1 Å². The molecule has 3 rings (SSSR count). The molecular weight excluding hydrogens is 380 g/mol. The van der Waals surface area contributed by atoms with Crippen molar-refractivity contribution in [2.45, 2.75) is 19.6 Å². The van der Waals surface area contributed by atoms with Crippen LogP contribution >= 0.6 is 0 Å². The molecule has 0 aliphatic heterocycles. The van der Waals surface area contributed by atoms with Crippen molar-refractivity contribution in [3.63, 3.8) is 0 Å². The van der Waals surface area contributed by atoms with Gasteiger partial charge in [-0.2, -0.15) is 0 Å². The van der Waals surface area contributed by atoms with E-state index < -0.39 is 22.9 Å². The van der Waals surface area contributed by atoms with Crippen LogP contribution in [0, 0.1) is 10.1 Å². The van der Waals surface area contributed by atoms with Crippen molar-refractivity contribution in [2.24, 2.45) is 0 Å². The zero-order valence-electron chi connectivity index (χ0n) is 15.7. The van der Waals surface area contributed by atoms with Crippen molar-refractivity contribution in [2.75, 3.05) is 12.4 Å². The Labute approximate surface area is 165 Å². The fourth-order valence-corrected chi connectivity index (χ4v) is 2.70. The molecule has 29 heavy (non-hydrogen) atoms. The number of hydrogen-bond donors (Lipinski definition) is 1. The summed E-state index contributed by atoms with van der Waals surface area (Å²) < 4.78 is 11.9. The van der Waals surface area contributed by atoms with E-state index in [9.17, 15) is 19.7 Å². The zero-order valence-corrected chi connectivity index (χ0v) is 15.7. The topological polar surface area (TPSA) is 126 Å². The zero-order chi connectivity index (χ0) is 21.0. The molecule has 0 saturated carbocycles. The van der Waals surface area contributed by atoms with E-state index in [2.05, 4.69) is 10.3 Å². The predicted molar refractivity (Wildman–Crippen MR) is 104 cm³/mol. The highest BCUT2D eigenvalue weighted by atomic mass is 16.6. The maximum Gasteiger partial charge on any atom is 0.326 e. The van der Waals surface area contributed by atoms with Gasteiger partial charge in [0, 0.05) is 12.1 Å². The molecule has 1 aromatic heterocycles. The van der Waals surface area contributed by atoms with Crippen molar-refractivity contribution in [1.82, 2.24) is 9.55 Å². The number of para-hydroxylation sites is 2. The summed E-state index contributed by atoms with van der Waals surface area (Å²) in [6.07, 6.45) is 0.395. The minimum atomic E-state index is -1.12. The first kappa shape index (κ1) is 19.8. The Bertz CT molecular complexity index is 1080. The summed E-state index contributed by atoms with van der Waals surface area (Å²) in [5.41, 5.74) is 1.40. The molecule has 3 aromatic rings. The number of nitro benzene ring substituents is 1. The van der Waals surface area contributed by atoms with E-state index in [1.54, 1.807) is 4.57 Å². The van der Waals surface area contributed by atoms with E-state index in [4.69, 9.17) is 9.47 Å². The summed E-state index contributed by atoms with van der Waals surface area (Å²) in [5, 5.41) is 13.4. The normalized spacial score (nSPS) is 11.7. The number of benzene rings is 2. The average Bonchev–Trinajstić information content (AvgIpc) is 3.10. The first-order chi connectivity index (χ1) is 13.9. The van der Waals surface area contributed by atoms with Crippen LogP contribution in [0.3, 0.4) is 0 Å². The number of carbonyl (C=O) groups excluding carboxylic acids is 2. The van der Waals surface area contributed by atoms with Gasteiger partial charge >= 0.3 is 5.97 Å². The lowest BCUT2D eigenvalue weighted by Gasteiger charge is -2.15. The number of fused-ring (bicyclic) bond motifs is 1. The number of nitro groups is 1. The summed E-state index contributed by atoms with van der Waals surface area (Å²) in [4.78, 5) is 39.1. The van der Waals surface area contributed by atoms with Gasteiger partial charge in [0.15, 0.2) is 6.10 Å². The molecule has 1 heterocycles. The van der Waals surface area contributed by atoms with Gasteiger partial charge in [-0.25, -0.2) is 4.98 Å². The van der Waals surface area contributed by atoms with Gasteiger partial charge in [0.1, 0.15) is 12.3 Å². The number of esters is 1. The first-order valence-corrected chi connectivity index (χ1v) is 8.61. The summed E-state index contributed by atoms with van der Waals surface area (Å²) in [7, 11) is 1.37. The van der Waals surface area contributed by atoms with E-state index in [1.165, 1.54) is 38.6 Å². The van der Waals surface area contributed by atoms with Gasteiger partial charge in [0.2, 0.25) is 0 Å². The molecule has 0 saturated heterocycles. The van der Waals surface area contributed by atoms with Crippen LogP contribution in [0.2, 0.25) is 0 Å². The van der Waals surface area contributed by atoms with Crippen LogP contribution in [0.1, 0.15) is 6.92 Å². The van der Waals surface area contributed by atoms with Crippen molar-refractivity contribution < 1.29 is 24.0 Å².